The van der Waals surface area contributed by atoms with Crippen LogP contribution >= 0.6 is 0 Å². The smallest absolute Gasteiger partial charge is 0.291 e. The number of hydrogen-bond donors (Lipinski definition) is 1. The summed E-state index contributed by atoms with van der Waals surface area (Å²) < 4.78 is 12.2. The monoisotopic (exact) mass is 341 g/mol. The number of aryl methyl sites for hydroxylation is 2. The van der Waals surface area contributed by atoms with E-state index in [2.05, 4.69) is 20.4 Å². The van der Waals surface area contributed by atoms with Gasteiger partial charge >= 0.3 is 0 Å². The van der Waals surface area contributed by atoms with E-state index in [1.54, 1.807) is 23.8 Å². The molecular weight excluding hydrogens is 322 g/mol. The summed E-state index contributed by atoms with van der Waals surface area (Å²) in [5.41, 5.74) is 1.70. The summed E-state index contributed by atoms with van der Waals surface area (Å²) in [5.74, 6) is 1.61. The van der Waals surface area contributed by atoms with Crippen LogP contribution in [0.3, 0.4) is 0 Å². The third kappa shape index (κ3) is 3.85. The van der Waals surface area contributed by atoms with E-state index in [0.717, 1.165) is 17.1 Å². The largest absolute Gasteiger partial charge is 0.497 e. The molecule has 130 valence electrons. The lowest BCUT2D eigenvalue weighted by Gasteiger charge is -2.07. The summed E-state index contributed by atoms with van der Waals surface area (Å²) in [6.07, 6.45) is 0. The average molecular weight is 341 g/mol. The zero-order valence-corrected chi connectivity index (χ0v) is 14.3. The van der Waals surface area contributed by atoms with Crippen LogP contribution in [0.15, 0.2) is 30.3 Å². The topological polar surface area (TPSA) is 90.6 Å². The Kier molecular flexibility index (Phi) is 4.78. The van der Waals surface area contributed by atoms with Crippen LogP contribution < -0.4 is 14.8 Å². The van der Waals surface area contributed by atoms with Crippen molar-refractivity contribution in [1.82, 2.24) is 24.9 Å². The first-order chi connectivity index (χ1) is 12.1. The van der Waals surface area contributed by atoms with Crippen LogP contribution in [-0.4, -0.2) is 45.8 Å². The Labute approximate surface area is 144 Å². The summed E-state index contributed by atoms with van der Waals surface area (Å²) in [4.78, 5) is 20.6. The second-order valence-corrected chi connectivity index (χ2v) is 5.47. The van der Waals surface area contributed by atoms with Gasteiger partial charge in [0.15, 0.2) is 0 Å². The van der Waals surface area contributed by atoms with Crippen LogP contribution in [-0.2, 0) is 0 Å². The van der Waals surface area contributed by atoms with Gasteiger partial charge in [-0.1, -0.05) is 0 Å². The van der Waals surface area contributed by atoms with Crippen molar-refractivity contribution in [2.75, 3.05) is 20.3 Å². The zero-order chi connectivity index (χ0) is 17.8. The SMILES string of the molecule is COc1ccc(OCCNC(=O)c2nc3nc(C)cc(C)n3n2)cc1. The highest BCUT2D eigenvalue weighted by Crippen LogP contribution is 2.16. The number of benzene rings is 1. The summed E-state index contributed by atoms with van der Waals surface area (Å²) in [5, 5.41) is 6.92. The molecule has 0 radical (unpaired) electrons. The van der Waals surface area contributed by atoms with Crippen LogP contribution in [0.1, 0.15) is 22.0 Å². The highest BCUT2D eigenvalue weighted by Gasteiger charge is 2.14. The number of carbonyl (C=O) groups excluding carboxylic acids is 1. The van der Waals surface area contributed by atoms with E-state index in [9.17, 15) is 4.79 Å². The number of hydrogen-bond acceptors (Lipinski definition) is 6. The van der Waals surface area contributed by atoms with Crippen molar-refractivity contribution in [2.24, 2.45) is 0 Å². The van der Waals surface area contributed by atoms with E-state index in [1.807, 2.05) is 32.0 Å². The lowest BCUT2D eigenvalue weighted by Crippen LogP contribution is -2.29. The molecule has 3 rings (SSSR count). The van der Waals surface area contributed by atoms with Crippen LogP contribution in [0.2, 0.25) is 0 Å². The Morgan fingerprint density at radius 3 is 2.60 bits per heavy atom. The second-order valence-electron chi connectivity index (χ2n) is 5.47. The number of methoxy groups -OCH3 is 1. The van der Waals surface area contributed by atoms with Crippen molar-refractivity contribution in [3.05, 3.63) is 47.5 Å². The van der Waals surface area contributed by atoms with Gasteiger partial charge in [0.25, 0.3) is 11.7 Å². The molecule has 0 aliphatic heterocycles. The summed E-state index contributed by atoms with van der Waals surface area (Å²) in [6, 6.07) is 9.12. The molecule has 2 heterocycles. The number of carbonyl (C=O) groups is 1. The Bertz CT molecular complexity index is 889. The standard InChI is InChI=1S/C17H19N5O3/c1-11-10-12(2)22-17(19-11)20-15(21-22)16(23)18-8-9-25-14-6-4-13(24-3)5-7-14/h4-7,10H,8-9H2,1-3H3,(H,18,23). The average Bonchev–Trinajstić information content (AvgIpc) is 3.03. The van der Waals surface area contributed by atoms with Gasteiger partial charge in [0.1, 0.15) is 18.1 Å². The van der Waals surface area contributed by atoms with Crippen molar-refractivity contribution in [3.8, 4) is 11.5 Å². The highest BCUT2D eigenvalue weighted by atomic mass is 16.5. The highest BCUT2D eigenvalue weighted by molar-refractivity contribution is 5.90. The van der Waals surface area contributed by atoms with Crippen molar-refractivity contribution in [2.45, 2.75) is 13.8 Å². The van der Waals surface area contributed by atoms with E-state index in [4.69, 9.17) is 9.47 Å². The quantitative estimate of drug-likeness (QED) is 0.684. The van der Waals surface area contributed by atoms with Crippen LogP contribution in [0.4, 0.5) is 0 Å². The second kappa shape index (κ2) is 7.16. The van der Waals surface area contributed by atoms with Gasteiger partial charge in [-0.05, 0) is 44.2 Å². The first kappa shape index (κ1) is 16.7. The maximum absolute atomic E-state index is 12.2. The Morgan fingerprint density at radius 2 is 1.88 bits per heavy atom. The number of amides is 1. The van der Waals surface area contributed by atoms with Crippen LogP contribution in [0.5, 0.6) is 11.5 Å². The molecule has 0 saturated carbocycles. The molecule has 0 aliphatic carbocycles. The predicted molar refractivity (Wildman–Crippen MR) is 91.1 cm³/mol. The van der Waals surface area contributed by atoms with Gasteiger partial charge in [-0.3, -0.25) is 4.79 Å². The van der Waals surface area contributed by atoms with Gasteiger partial charge in [-0.15, -0.1) is 5.10 Å². The normalized spacial score (nSPS) is 10.7. The number of aromatic nitrogens is 4. The van der Waals surface area contributed by atoms with Crippen molar-refractivity contribution < 1.29 is 14.3 Å². The van der Waals surface area contributed by atoms with Gasteiger partial charge < -0.3 is 14.8 Å². The fourth-order valence-electron chi connectivity index (χ4n) is 2.35. The molecule has 0 spiro atoms. The fourth-order valence-corrected chi connectivity index (χ4v) is 2.35. The number of rotatable bonds is 6. The van der Waals surface area contributed by atoms with Crippen LogP contribution in [0, 0.1) is 13.8 Å². The molecule has 0 bridgehead atoms. The Morgan fingerprint density at radius 1 is 1.16 bits per heavy atom. The van der Waals surface area contributed by atoms with Crippen molar-refractivity contribution >= 4 is 11.7 Å². The molecule has 0 aliphatic rings. The first-order valence-corrected chi connectivity index (χ1v) is 7.83. The Hall–Kier alpha value is -3.16. The van der Waals surface area contributed by atoms with E-state index in [1.165, 1.54) is 0 Å². The lowest BCUT2D eigenvalue weighted by atomic mass is 10.3. The molecule has 3 aromatic rings. The summed E-state index contributed by atoms with van der Waals surface area (Å²) in [6.45, 7) is 4.44. The molecule has 2 aromatic heterocycles. The molecule has 1 aromatic carbocycles. The van der Waals surface area contributed by atoms with Gasteiger partial charge in [0, 0.05) is 11.4 Å². The summed E-state index contributed by atoms with van der Waals surface area (Å²) >= 11 is 0. The molecule has 0 saturated heterocycles. The minimum atomic E-state index is -0.360. The minimum Gasteiger partial charge on any atom is -0.497 e. The van der Waals surface area contributed by atoms with Crippen molar-refractivity contribution in [1.29, 1.82) is 0 Å². The maximum atomic E-state index is 12.2. The number of nitrogens with zero attached hydrogens (tertiary/aromatic N) is 4. The van der Waals surface area contributed by atoms with Gasteiger partial charge in [-0.25, -0.2) is 9.50 Å². The first-order valence-electron chi connectivity index (χ1n) is 7.83. The van der Waals surface area contributed by atoms with Gasteiger partial charge in [-0.2, -0.15) is 4.98 Å². The Balaban J connectivity index is 1.54. The molecule has 0 unspecified atom stereocenters. The van der Waals surface area contributed by atoms with Crippen LogP contribution in [0.25, 0.3) is 5.78 Å². The van der Waals surface area contributed by atoms with Gasteiger partial charge in [0.05, 0.1) is 13.7 Å². The summed E-state index contributed by atoms with van der Waals surface area (Å²) in [7, 11) is 1.61. The molecule has 0 fully saturated rings. The maximum Gasteiger partial charge on any atom is 0.291 e. The third-order valence-corrected chi connectivity index (χ3v) is 3.54. The fraction of sp³-hybridized carbons (Fsp3) is 0.294. The third-order valence-electron chi connectivity index (χ3n) is 3.54. The van der Waals surface area contributed by atoms with E-state index in [0.29, 0.717) is 24.7 Å². The predicted octanol–water partition coefficient (Wildman–Crippen LogP) is 1.56. The number of nitrogens with one attached hydrogen (secondary N) is 1. The number of ether oxygens (including phenoxy) is 2. The van der Waals surface area contributed by atoms with Crippen molar-refractivity contribution in [3.63, 3.8) is 0 Å². The molecule has 0 atom stereocenters. The molecule has 8 heteroatoms. The molecule has 25 heavy (non-hydrogen) atoms. The molecule has 8 nitrogen and oxygen atoms in total. The number of fused-ring (bicyclic) bond motifs is 1. The van der Waals surface area contributed by atoms with E-state index in [-0.39, 0.29) is 11.7 Å². The van der Waals surface area contributed by atoms with E-state index >= 15 is 0 Å². The zero-order valence-electron chi connectivity index (χ0n) is 14.3. The molecular formula is C17H19N5O3. The minimum absolute atomic E-state index is 0.0886. The van der Waals surface area contributed by atoms with Gasteiger partial charge in [0.2, 0.25) is 5.82 Å². The molecule has 1 N–H and O–H groups in total. The van der Waals surface area contributed by atoms with E-state index < -0.39 is 0 Å². The lowest BCUT2D eigenvalue weighted by molar-refractivity contribution is 0.0937. The molecule has 1 amide bonds.